The van der Waals surface area contributed by atoms with Crippen LogP contribution >= 0.6 is 12.2 Å². The number of carbonyl (C=O) groups excluding carboxylic acids is 3. The number of thiocarbonyl (C=S) groups is 1. The van der Waals surface area contributed by atoms with Gasteiger partial charge in [0.05, 0.1) is 0 Å². The molecule has 164 valence electrons. The molecule has 7 nitrogen and oxygen atoms in total. The summed E-state index contributed by atoms with van der Waals surface area (Å²) in [5.41, 5.74) is 0.485. The van der Waals surface area contributed by atoms with Gasteiger partial charge in [0.2, 0.25) is 6.10 Å². The molecule has 2 amide bonds. The fourth-order valence-corrected chi connectivity index (χ4v) is 2.88. The minimum absolute atomic E-state index is 0.0197. The first-order valence-electron chi connectivity index (χ1n) is 9.81. The van der Waals surface area contributed by atoms with Crippen LogP contribution in [0.4, 0.5) is 0 Å². The maximum atomic E-state index is 12.8. The van der Waals surface area contributed by atoms with Crippen LogP contribution in [0.25, 0.3) is 0 Å². The number of hydrogen-bond acceptors (Lipinski definition) is 5. The van der Waals surface area contributed by atoms with E-state index in [0.717, 1.165) is 0 Å². The third-order valence-electron chi connectivity index (χ3n) is 4.04. The van der Waals surface area contributed by atoms with Gasteiger partial charge < -0.3 is 15.4 Å². The summed E-state index contributed by atoms with van der Waals surface area (Å²) < 4.78 is 5.51. The molecule has 0 aromatic heterocycles. The maximum Gasteiger partial charge on any atom is 0.329 e. The van der Waals surface area contributed by atoms with Gasteiger partial charge in [0.25, 0.3) is 11.8 Å². The lowest BCUT2D eigenvalue weighted by Gasteiger charge is -2.26. The Morgan fingerprint density at radius 2 is 1.48 bits per heavy atom. The van der Waals surface area contributed by atoms with E-state index in [-0.39, 0.29) is 5.11 Å². The molecule has 0 fully saturated rings. The van der Waals surface area contributed by atoms with Gasteiger partial charge in [-0.05, 0) is 52.0 Å². The molecular formula is C23H27N3O4S. The van der Waals surface area contributed by atoms with Crippen LogP contribution in [-0.2, 0) is 14.3 Å². The fourth-order valence-electron chi connectivity index (χ4n) is 2.61. The van der Waals surface area contributed by atoms with E-state index in [9.17, 15) is 14.4 Å². The normalized spacial score (nSPS) is 12.8. The van der Waals surface area contributed by atoms with Gasteiger partial charge in [-0.2, -0.15) is 0 Å². The van der Waals surface area contributed by atoms with Crippen LogP contribution in [0.3, 0.4) is 0 Å². The average Bonchev–Trinajstić information content (AvgIpc) is 2.71. The molecule has 0 saturated carbocycles. The number of carbonyl (C=O) groups is 3. The zero-order valence-electron chi connectivity index (χ0n) is 18.0. The number of esters is 1. The molecule has 0 aliphatic rings. The molecule has 0 aliphatic carbocycles. The molecule has 2 aromatic carbocycles. The summed E-state index contributed by atoms with van der Waals surface area (Å²) >= 11 is 5.13. The van der Waals surface area contributed by atoms with E-state index in [1.54, 1.807) is 54.6 Å². The van der Waals surface area contributed by atoms with Crippen molar-refractivity contribution in [2.75, 3.05) is 0 Å². The number of hydrogen-bond donors (Lipinski definition) is 3. The van der Waals surface area contributed by atoms with Crippen molar-refractivity contribution in [1.82, 2.24) is 16.0 Å². The lowest BCUT2D eigenvalue weighted by atomic mass is 10.1. The Hall–Kier alpha value is -3.26. The second kappa shape index (κ2) is 10.7. The Labute approximate surface area is 187 Å². The minimum atomic E-state index is -1.12. The van der Waals surface area contributed by atoms with Crippen LogP contribution in [-0.4, -0.2) is 34.5 Å². The standard InChI is InChI=1S/C23H27N3O4S/c1-15(24-22(31)25-19(27)17-13-9-6-10-14-17)21(29)30-18(16-11-7-5-8-12-16)20(28)26-23(2,3)4/h5-15,18H,1-4H3,(H,26,28)(H2,24,25,27,31). The number of benzene rings is 2. The van der Waals surface area contributed by atoms with Crippen LogP contribution in [0.15, 0.2) is 60.7 Å². The minimum Gasteiger partial charge on any atom is -0.446 e. The molecule has 0 saturated heterocycles. The molecular weight excluding hydrogens is 414 g/mol. The zero-order chi connectivity index (χ0) is 23.0. The second-order valence-electron chi connectivity index (χ2n) is 7.98. The number of ether oxygens (including phenoxy) is 1. The van der Waals surface area contributed by atoms with Crippen LogP contribution in [0.2, 0.25) is 0 Å². The van der Waals surface area contributed by atoms with Crippen molar-refractivity contribution < 1.29 is 19.1 Å². The van der Waals surface area contributed by atoms with E-state index in [2.05, 4.69) is 16.0 Å². The first kappa shape index (κ1) is 24.0. The summed E-state index contributed by atoms with van der Waals surface area (Å²) in [4.78, 5) is 37.6. The van der Waals surface area contributed by atoms with Gasteiger partial charge in [-0.3, -0.25) is 14.9 Å². The SMILES string of the molecule is CC(NC(=S)NC(=O)c1ccccc1)C(=O)OC(C(=O)NC(C)(C)C)c1ccccc1. The van der Waals surface area contributed by atoms with Crippen LogP contribution in [0, 0.1) is 0 Å². The van der Waals surface area contributed by atoms with Crippen LogP contribution in [0.1, 0.15) is 49.7 Å². The lowest BCUT2D eigenvalue weighted by Crippen LogP contribution is -2.48. The third-order valence-corrected chi connectivity index (χ3v) is 4.26. The van der Waals surface area contributed by atoms with Crippen molar-refractivity contribution in [3.8, 4) is 0 Å². The zero-order valence-corrected chi connectivity index (χ0v) is 18.8. The topological polar surface area (TPSA) is 96.5 Å². The van der Waals surface area contributed by atoms with Gasteiger partial charge in [0.1, 0.15) is 6.04 Å². The Morgan fingerprint density at radius 1 is 0.935 bits per heavy atom. The van der Waals surface area contributed by atoms with Crippen molar-refractivity contribution >= 4 is 35.1 Å². The molecule has 0 bridgehead atoms. The Balaban J connectivity index is 2.02. The second-order valence-corrected chi connectivity index (χ2v) is 8.39. The van der Waals surface area contributed by atoms with E-state index in [0.29, 0.717) is 11.1 Å². The summed E-state index contributed by atoms with van der Waals surface area (Å²) in [5, 5.41) is 8.04. The number of rotatable bonds is 6. The molecule has 3 N–H and O–H groups in total. The lowest BCUT2D eigenvalue weighted by molar-refractivity contribution is -0.158. The molecule has 8 heteroatoms. The van der Waals surface area contributed by atoms with Crippen molar-refractivity contribution in [2.45, 2.75) is 45.4 Å². The van der Waals surface area contributed by atoms with E-state index in [1.807, 2.05) is 26.8 Å². The highest BCUT2D eigenvalue weighted by Gasteiger charge is 2.30. The third kappa shape index (κ3) is 7.82. The summed E-state index contributed by atoms with van der Waals surface area (Å²) in [6, 6.07) is 16.4. The van der Waals surface area contributed by atoms with Crippen molar-refractivity contribution in [1.29, 1.82) is 0 Å². The van der Waals surface area contributed by atoms with Crippen molar-refractivity contribution in [3.05, 3.63) is 71.8 Å². The predicted molar refractivity (Wildman–Crippen MR) is 122 cm³/mol. The van der Waals surface area contributed by atoms with Gasteiger partial charge in [0, 0.05) is 16.7 Å². The summed E-state index contributed by atoms with van der Waals surface area (Å²) in [5.74, 6) is -1.51. The summed E-state index contributed by atoms with van der Waals surface area (Å²) in [6.07, 6.45) is -1.12. The summed E-state index contributed by atoms with van der Waals surface area (Å²) in [7, 11) is 0. The predicted octanol–water partition coefficient (Wildman–Crippen LogP) is 2.88. The molecule has 2 rings (SSSR count). The van der Waals surface area contributed by atoms with E-state index >= 15 is 0 Å². The van der Waals surface area contributed by atoms with E-state index < -0.39 is 35.5 Å². The Kier molecular flexibility index (Phi) is 8.27. The van der Waals surface area contributed by atoms with Gasteiger partial charge >= 0.3 is 5.97 Å². The molecule has 0 aliphatic heterocycles. The molecule has 2 atom stereocenters. The fraction of sp³-hybridized carbons (Fsp3) is 0.304. The maximum absolute atomic E-state index is 12.8. The Morgan fingerprint density at radius 3 is 2.03 bits per heavy atom. The Bertz CT molecular complexity index is 927. The van der Waals surface area contributed by atoms with Gasteiger partial charge in [-0.15, -0.1) is 0 Å². The molecule has 0 spiro atoms. The first-order valence-corrected chi connectivity index (χ1v) is 10.2. The van der Waals surface area contributed by atoms with Gasteiger partial charge in [0.15, 0.2) is 5.11 Å². The molecule has 0 heterocycles. The van der Waals surface area contributed by atoms with E-state index in [4.69, 9.17) is 17.0 Å². The van der Waals surface area contributed by atoms with E-state index in [1.165, 1.54) is 6.92 Å². The van der Waals surface area contributed by atoms with Crippen LogP contribution in [0.5, 0.6) is 0 Å². The molecule has 0 radical (unpaired) electrons. The van der Waals surface area contributed by atoms with Crippen molar-refractivity contribution in [2.24, 2.45) is 0 Å². The number of amides is 2. The van der Waals surface area contributed by atoms with Gasteiger partial charge in [-0.1, -0.05) is 48.5 Å². The first-order chi connectivity index (χ1) is 14.6. The number of nitrogens with one attached hydrogen (secondary N) is 3. The van der Waals surface area contributed by atoms with Crippen molar-refractivity contribution in [3.63, 3.8) is 0 Å². The van der Waals surface area contributed by atoms with Crippen LogP contribution < -0.4 is 16.0 Å². The quantitative estimate of drug-likeness (QED) is 0.471. The highest BCUT2D eigenvalue weighted by Crippen LogP contribution is 2.19. The largest absolute Gasteiger partial charge is 0.446 e. The molecule has 31 heavy (non-hydrogen) atoms. The molecule has 2 unspecified atom stereocenters. The summed E-state index contributed by atoms with van der Waals surface area (Å²) in [6.45, 7) is 7.06. The van der Waals surface area contributed by atoms with Gasteiger partial charge in [-0.25, -0.2) is 4.79 Å². The highest BCUT2D eigenvalue weighted by atomic mass is 32.1. The monoisotopic (exact) mass is 441 g/mol. The molecule has 2 aromatic rings. The highest BCUT2D eigenvalue weighted by molar-refractivity contribution is 7.80. The smallest absolute Gasteiger partial charge is 0.329 e. The average molecular weight is 442 g/mol.